The van der Waals surface area contributed by atoms with Gasteiger partial charge >= 0.3 is 6.18 Å². The Bertz CT molecular complexity index is 1290. The third kappa shape index (κ3) is 9.48. The maximum absolute atomic E-state index is 13.6. The van der Waals surface area contributed by atoms with Crippen LogP contribution in [0.15, 0.2) is 48.5 Å². The van der Waals surface area contributed by atoms with Crippen LogP contribution in [0.25, 0.3) is 0 Å². The second-order valence-electron chi connectivity index (χ2n) is 10.8. The number of carbonyl (C=O) groups is 2. The average molecular weight is 596 g/mol. The van der Waals surface area contributed by atoms with Gasteiger partial charge in [0.15, 0.2) is 0 Å². The molecule has 41 heavy (non-hydrogen) atoms. The number of hydrogen-bond acceptors (Lipinski definition) is 4. The highest BCUT2D eigenvalue weighted by atomic mass is 32.2. The number of carbonyl (C=O) groups excluding carboxylic acids is 2. The van der Waals surface area contributed by atoms with E-state index in [1.54, 1.807) is 4.90 Å². The highest BCUT2D eigenvalue weighted by Crippen LogP contribution is 2.32. The zero-order valence-corrected chi connectivity index (χ0v) is 24.7. The minimum atomic E-state index is -4.63. The molecule has 0 saturated heterocycles. The molecule has 1 saturated carbocycles. The van der Waals surface area contributed by atoms with Crippen molar-refractivity contribution in [2.75, 3.05) is 17.1 Å². The molecule has 1 fully saturated rings. The quantitative estimate of drug-likeness (QED) is 0.335. The van der Waals surface area contributed by atoms with Crippen molar-refractivity contribution in [3.63, 3.8) is 0 Å². The van der Waals surface area contributed by atoms with Crippen molar-refractivity contribution in [2.24, 2.45) is 0 Å². The minimum Gasteiger partial charge on any atom is -0.352 e. The van der Waals surface area contributed by atoms with Crippen LogP contribution in [0.4, 0.5) is 18.9 Å². The fraction of sp³-hybridized carbons (Fsp3) is 0.533. The molecular formula is C30H40F3N3O4S. The summed E-state index contributed by atoms with van der Waals surface area (Å²) in [6.07, 6.45) is 1.74. The van der Waals surface area contributed by atoms with Crippen LogP contribution in [-0.4, -0.2) is 50.0 Å². The summed E-state index contributed by atoms with van der Waals surface area (Å²) >= 11 is 0. The number of anilines is 1. The number of rotatable bonds is 12. The molecule has 0 spiro atoms. The Morgan fingerprint density at radius 1 is 1.05 bits per heavy atom. The second kappa shape index (κ2) is 14.2. The Kier molecular flexibility index (Phi) is 11.2. The highest BCUT2D eigenvalue weighted by molar-refractivity contribution is 7.92. The minimum absolute atomic E-state index is 0.0626. The van der Waals surface area contributed by atoms with Gasteiger partial charge in [0.1, 0.15) is 6.04 Å². The molecule has 2 aromatic rings. The summed E-state index contributed by atoms with van der Waals surface area (Å²) in [6.45, 7) is 3.81. The Balaban J connectivity index is 1.78. The summed E-state index contributed by atoms with van der Waals surface area (Å²) in [5.74, 6) is -0.531. The van der Waals surface area contributed by atoms with E-state index in [-0.39, 0.29) is 49.5 Å². The number of nitrogens with one attached hydrogen (secondary N) is 1. The molecule has 1 unspecified atom stereocenters. The summed E-state index contributed by atoms with van der Waals surface area (Å²) in [4.78, 5) is 28.5. The monoisotopic (exact) mass is 595 g/mol. The zero-order chi connectivity index (χ0) is 30.2. The molecule has 226 valence electrons. The summed E-state index contributed by atoms with van der Waals surface area (Å²) in [5, 5.41) is 3.12. The topological polar surface area (TPSA) is 86.8 Å². The Morgan fingerprint density at radius 3 is 2.34 bits per heavy atom. The molecule has 7 nitrogen and oxygen atoms in total. The molecule has 1 aliphatic carbocycles. The van der Waals surface area contributed by atoms with Crippen molar-refractivity contribution in [3.8, 4) is 0 Å². The molecule has 1 aliphatic rings. The lowest BCUT2D eigenvalue weighted by Crippen LogP contribution is -2.51. The summed E-state index contributed by atoms with van der Waals surface area (Å²) in [6, 6.07) is 11.1. The van der Waals surface area contributed by atoms with E-state index in [1.807, 2.05) is 38.1 Å². The van der Waals surface area contributed by atoms with Gasteiger partial charge in [-0.05, 0) is 56.4 Å². The Morgan fingerprint density at radius 2 is 1.73 bits per heavy atom. The lowest BCUT2D eigenvalue weighted by atomic mass is 9.95. The number of benzene rings is 2. The van der Waals surface area contributed by atoms with E-state index in [4.69, 9.17) is 0 Å². The van der Waals surface area contributed by atoms with E-state index in [2.05, 4.69) is 5.32 Å². The van der Waals surface area contributed by atoms with E-state index < -0.39 is 27.8 Å². The number of alkyl halides is 3. The van der Waals surface area contributed by atoms with Gasteiger partial charge in [0.25, 0.3) is 0 Å². The molecule has 0 aliphatic heterocycles. The van der Waals surface area contributed by atoms with Gasteiger partial charge in [0.05, 0.1) is 17.5 Å². The number of hydrogen-bond donors (Lipinski definition) is 1. The first kappa shape index (κ1) is 32.4. The normalized spacial score (nSPS) is 15.3. The van der Waals surface area contributed by atoms with Crippen LogP contribution in [0.1, 0.15) is 75.0 Å². The van der Waals surface area contributed by atoms with Crippen molar-refractivity contribution >= 4 is 27.5 Å². The van der Waals surface area contributed by atoms with E-state index in [0.29, 0.717) is 6.42 Å². The molecule has 0 aromatic heterocycles. The van der Waals surface area contributed by atoms with E-state index in [1.165, 1.54) is 6.07 Å². The molecule has 2 aromatic carbocycles. The molecule has 2 amide bonds. The van der Waals surface area contributed by atoms with Crippen molar-refractivity contribution < 1.29 is 31.2 Å². The molecule has 1 atom stereocenters. The van der Waals surface area contributed by atoms with Crippen molar-refractivity contribution in [1.82, 2.24) is 10.2 Å². The molecule has 0 bridgehead atoms. The van der Waals surface area contributed by atoms with Crippen LogP contribution in [0.2, 0.25) is 0 Å². The SMILES string of the molecule is CCC(C(=O)NC1CCCCC1)N(Cc1cccc(C)c1)C(=O)CCCN(c1cccc(C(F)(F)F)c1)S(C)(=O)=O. The number of amides is 2. The molecule has 0 radical (unpaired) electrons. The number of aryl methyl sites for hydroxylation is 1. The van der Waals surface area contributed by atoms with Crippen molar-refractivity contribution in [1.29, 1.82) is 0 Å². The van der Waals surface area contributed by atoms with E-state index >= 15 is 0 Å². The highest BCUT2D eigenvalue weighted by Gasteiger charge is 2.32. The maximum Gasteiger partial charge on any atom is 0.416 e. The van der Waals surface area contributed by atoms with Gasteiger partial charge in [0, 0.05) is 25.6 Å². The largest absolute Gasteiger partial charge is 0.416 e. The number of nitrogens with zero attached hydrogens (tertiary/aromatic N) is 2. The fourth-order valence-corrected chi connectivity index (χ4v) is 6.27. The lowest BCUT2D eigenvalue weighted by molar-refractivity contribution is -0.141. The summed E-state index contributed by atoms with van der Waals surface area (Å²) in [7, 11) is -3.93. The molecule has 11 heteroatoms. The van der Waals surface area contributed by atoms with Crippen LogP contribution in [0.5, 0.6) is 0 Å². The summed E-state index contributed by atoms with van der Waals surface area (Å²) in [5.41, 5.74) is 0.798. The number of sulfonamides is 1. The third-order valence-electron chi connectivity index (χ3n) is 7.39. The lowest BCUT2D eigenvalue weighted by Gasteiger charge is -2.33. The second-order valence-corrected chi connectivity index (χ2v) is 12.7. The Labute approximate surface area is 241 Å². The Hall–Kier alpha value is -3.08. The van der Waals surface area contributed by atoms with Crippen LogP contribution in [0.3, 0.4) is 0 Å². The van der Waals surface area contributed by atoms with Crippen LogP contribution < -0.4 is 9.62 Å². The standard InChI is InChI=1S/C30H40F3N3O4S/c1-4-27(29(38)34-25-14-6-5-7-15-25)35(21-23-12-8-11-22(2)19-23)28(37)17-10-18-36(41(3,39)40)26-16-9-13-24(20-26)30(31,32)33/h8-9,11-13,16,19-20,25,27H,4-7,10,14-15,17-18,21H2,1-3H3,(H,34,38). The predicted octanol–water partition coefficient (Wildman–Crippen LogP) is 5.82. The van der Waals surface area contributed by atoms with Gasteiger partial charge < -0.3 is 10.2 Å². The molecular weight excluding hydrogens is 555 g/mol. The van der Waals surface area contributed by atoms with Crippen molar-refractivity contribution in [2.45, 2.75) is 90.0 Å². The average Bonchev–Trinajstić information content (AvgIpc) is 2.90. The fourth-order valence-electron chi connectivity index (χ4n) is 5.31. The summed E-state index contributed by atoms with van der Waals surface area (Å²) < 4.78 is 65.6. The van der Waals surface area contributed by atoms with Crippen LogP contribution >= 0.6 is 0 Å². The van der Waals surface area contributed by atoms with E-state index in [0.717, 1.165) is 72.0 Å². The number of halogens is 3. The smallest absolute Gasteiger partial charge is 0.352 e. The zero-order valence-electron chi connectivity index (χ0n) is 23.9. The molecule has 1 N–H and O–H groups in total. The van der Waals surface area contributed by atoms with Crippen molar-refractivity contribution in [3.05, 3.63) is 65.2 Å². The van der Waals surface area contributed by atoms with E-state index in [9.17, 15) is 31.2 Å². The first-order valence-corrected chi connectivity index (χ1v) is 15.9. The first-order valence-electron chi connectivity index (χ1n) is 14.1. The van der Waals surface area contributed by atoms with Gasteiger partial charge in [-0.25, -0.2) is 8.42 Å². The third-order valence-corrected chi connectivity index (χ3v) is 8.58. The van der Waals surface area contributed by atoms with Gasteiger partial charge in [-0.3, -0.25) is 13.9 Å². The van der Waals surface area contributed by atoms with Gasteiger partial charge in [-0.2, -0.15) is 13.2 Å². The maximum atomic E-state index is 13.6. The van der Waals surface area contributed by atoms with Crippen LogP contribution in [-0.2, 0) is 32.3 Å². The van der Waals surface area contributed by atoms with Gasteiger partial charge in [-0.1, -0.05) is 62.1 Å². The van der Waals surface area contributed by atoms with Crippen LogP contribution in [0, 0.1) is 6.92 Å². The molecule has 0 heterocycles. The predicted molar refractivity (Wildman–Crippen MR) is 154 cm³/mol. The van der Waals surface area contributed by atoms with Gasteiger partial charge in [-0.15, -0.1) is 0 Å². The molecule has 3 rings (SSSR count). The van der Waals surface area contributed by atoms with Gasteiger partial charge in [0.2, 0.25) is 21.8 Å². The first-order chi connectivity index (χ1) is 19.3.